The van der Waals surface area contributed by atoms with Crippen LogP contribution in [-0.2, 0) is 38.8 Å². The van der Waals surface area contributed by atoms with E-state index in [1.165, 1.54) is 0 Å². The van der Waals surface area contributed by atoms with Crippen LogP contribution in [0.25, 0.3) is 0 Å². The van der Waals surface area contributed by atoms with Crippen LogP contribution in [0.4, 0.5) is 0 Å². The molecule has 2 N–H and O–H groups in total. The zero-order valence-corrected chi connectivity index (χ0v) is 21.3. The zero-order chi connectivity index (χ0) is 25.0. The minimum Gasteiger partial charge on any atom is -0.369 e. The molecule has 36 heavy (non-hydrogen) atoms. The predicted octanol–water partition coefficient (Wildman–Crippen LogP) is 5.49. The third kappa shape index (κ3) is 8.13. The van der Waals surface area contributed by atoms with Gasteiger partial charge in [-0.2, -0.15) is 0 Å². The van der Waals surface area contributed by atoms with Crippen molar-refractivity contribution in [3.05, 3.63) is 108 Å². The molecule has 1 saturated heterocycles. The van der Waals surface area contributed by atoms with E-state index < -0.39 is 6.10 Å². The molecule has 0 saturated carbocycles. The Bertz CT molecular complexity index is 992. The molecule has 3 aromatic rings. The maximum atomic E-state index is 6.54. The van der Waals surface area contributed by atoms with Crippen LogP contribution in [0.5, 0.6) is 0 Å². The van der Waals surface area contributed by atoms with Gasteiger partial charge in [0.15, 0.2) is 0 Å². The van der Waals surface area contributed by atoms with Crippen LogP contribution >= 0.6 is 11.6 Å². The minimum atomic E-state index is -0.409. The normalized spacial score (nSPS) is 19.5. The highest BCUT2D eigenvalue weighted by atomic mass is 35.5. The van der Waals surface area contributed by atoms with E-state index in [2.05, 4.69) is 24.3 Å². The van der Waals surface area contributed by atoms with E-state index in [1.807, 2.05) is 66.7 Å². The number of nitrogens with two attached hydrogens (primary N) is 1. The highest BCUT2D eigenvalue weighted by molar-refractivity contribution is 6.17. The largest absolute Gasteiger partial charge is 0.369 e. The number of hydrogen-bond acceptors (Lipinski definition) is 5. The Morgan fingerprint density at radius 2 is 1.22 bits per heavy atom. The first kappa shape index (κ1) is 26.8. The van der Waals surface area contributed by atoms with Gasteiger partial charge in [0.1, 0.15) is 18.3 Å². The molecule has 192 valence electrons. The summed E-state index contributed by atoms with van der Waals surface area (Å²) < 4.78 is 25.5. The SMILES string of the molecule is NC[C@@H](OCc1ccccc1)[C@@H](OCc1ccccc1)[C@H](OCc1ccccc1)[C@H]1O[C@@H]1CCCCl. The lowest BCUT2D eigenvalue weighted by molar-refractivity contribution is -0.154. The van der Waals surface area contributed by atoms with Gasteiger partial charge in [-0.05, 0) is 29.5 Å². The molecule has 5 nitrogen and oxygen atoms in total. The lowest BCUT2D eigenvalue weighted by Crippen LogP contribution is -2.49. The summed E-state index contributed by atoms with van der Waals surface area (Å²) >= 11 is 5.95. The number of epoxide rings is 1. The predicted molar refractivity (Wildman–Crippen MR) is 143 cm³/mol. The van der Waals surface area contributed by atoms with Gasteiger partial charge < -0.3 is 24.7 Å². The molecular weight excluding hydrogens is 474 g/mol. The summed E-state index contributed by atoms with van der Waals surface area (Å²) in [6.07, 6.45) is 0.684. The van der Waals surface area contributed by atoms with Crippen molar-refractivity contribution in [1.29, 1.82) is 0 Å². The third-order valence-corrected chi connectivity index (χ3v) is 6.64. The Labute approximate surface area is 219 Å². The molecule has 0 unspecified atom stereocenters. The Hall–Kier alpha value is -2.25. The number of halogens is 1. The number of ether oxygens (including phenoxy) is 4. The molecule has 0 amide bonds. The molecule has 6 heteroatoms. The van der Waals surface area contributed by atoms with Crippen LogP contribution in [-0.4, -0.2) is 42.9 Å². The summed E-state index contributed by atoms with van der Waals surface area (Å²) in [5.74, 6) is 0.613. The topological polar surface area (TPSA) is 66.2 Å². The van der Waals surface area contributed by atoms with Gasteiger partial charge in [0, 0.05) is 12.4 Å². The highest BCUT2D eigenvalue weighted by Gasteiger charge is 2.50. The quantitative estimate of drug-likeness (QED) is 0.204. The minimum absolute atomic E-state index is 0.0907. The fourth-order valence-corrected chi connectivity index (χ4v) is 4.51. The summed E-state index contributed by atoms with van der Waals surface area (Å²) in [5, 5.41) is 0. The van der Waals surface area contributed by atoms with E-state index >= 15 is 0 Å². The maximum Gasteiger partial charge on any atom is 0.115 e. The van der Waals surface area contributed by atoms with Crippen molar-refractivity contribution in [3.63, 3.8) is 0 Å². The van der Waals surface area contributed by atoms with Crippen molar-refractivity contribution in [2.75, 3.05) is 12.4 Å². The van der Waals surface area contributed by atoms with Gasteiger partial charge in [0.25, 0.3) is 0 Å². The van der Waals surface area contributed by atoms with Crippen LogP contribution in [0.2, 0.25) is 0 Å². The van der Waals surface area contributed by atoms with Gasteiger partial charge in [-0.3, -0.25) is 0 Å². The Morgan fingerprint density at radius 1 is 0.722 bits per heavy atom. The van der Waals surface area contributed by atoms with E-state index in [9.17, 15) is 0 Å². The van der Waals surface area contributed by atoms with Crippen LogP contribution in [0.3, 0.4) is 0 Å². The highest BCUT2D eigenvalue weighted by Crippen LogP contribution is 2.35. The third-order valence-electron chi connectivity index (χ3n) is 6.37. The van der Waals surface area contributed by atoms with Gasteiger partial charge in [0.2, 0.25) is 0 Å². The molecular formula is C30H36ClNO4. The number of rotatable bonds is 16. The molecule has 1 heterocycles. The summed E-state index contributed by atoms with van der Waals surface area (Å²) in [6.45, 7) is 1.63. The standard InChI is InChI=1S/C30H36ClNO4/c31-18-10-17-26-29(36-26)30(35-22-25-15-8-3-9-16-25)28(34-21-24-13-6-2-7-14-24)27(19-32)33-20-23-11-4-1-5-12-23/h1-9,11-16,26-30H,10,17-22,32H2/t26-,27-,28-,29+,30+/m1/s1. The smallest absolute Gasteiger partial charge is 0.115 e. The van der Waals surface area contributed by atoms with Crippen molar-refractivity contribution in [1.82, 2.24) is 0 Å². The van der Waals surface area contributed by atoms with Gasteiger partial charge in [-0.25, -0.2) is 0 Å². The molecule has 3 aromatic carbocycles. The molecule has 0 radical (unpaired) electrons. The Kier molecular flexibility index (Phi) is 10.8. The van der Waals surface area contributed by atoms with Crippen LogP contribution in [0.1, 0.15) is 29.5 Å². The molecule has 0 bridgehead atoms. The molecule has 1 aliphatic heterocycles. The van der Waals surface area contributed by atoms with Crippen LogP contribution in [0, 0.1) is 0 Å². The average Bonchev–Trinajstić information content (AvgIpc) is 3.71. The van der Waals surface area contributed by atoms with Crippen molar-refractivity contribution >= 4 is 11.6 Å². The first-order valence-corrected chi connectivity index (χ1v) is 13.2. The first-order valence-electron chi connectivity index (χ1n) is 12.7. The van der Waals surface area contributed by atoms with Gasteiger partial charge in [0.05, 0.1) is 32.0 Å². The van der Waals surface area contributed by atoms with E-state index in [1.54, 1.807) is 0 Å². The molecule has 1 fully saturated rings. The number of benzene rings is 3. The Morgan fingerprint density at radius 3 is 1.72 bits per heavy atom. The summed E-state index contributed by atoms with van der Waals surface area (Å²) in [4.78, 5) is 0. The fraction of sp³-hybridized carbons (Fsp3) is 0.400. The number of hydrogen-bond donors (Lipinski definition) is 1. The van der Waals surface area contributed by atoms with Crippen molar-refractivity contribution in [2.45, 2.75) is 63.2 Å². The molecule has 5 atom stereocenters. The van der Waals surface area contributed by atoms with E-state index in [0.29, 0.717) is 32.2 Å². The second-order valence-corrected chi connectivity index (χ2v) is 9.44. The van der Waals surface area contributed by atoms with E-state index in [4.69, 9.17) is 36.3 Å². The lowest BCUT2D eigenvalue weighted by atomic mass is 10.0. The van der Waals surface area contributed by atoms with Crippen molar-refractivity contribution in [2.24, 2.45) is 5.73 Å². The van der Waals surface area contributed by atoms with Crippen molar-refractivity contribution in [3.8, 4) is 0 Å². The number of alkyl halides is 1. The first-order chi connectivity index (χ1) is 17.8. The molecule has 0 aromatic heterocycles. The van der Waals surface area contributed by atoms with Gasteiger partial charge >= 0.3 is 0 Å². The second-order valence-electron chi connectivity index (χ2n) is 9.06. The van der Waals surface area contributed by atoms with Gasteiger partial charge in [-0.1, -0.05) is 91.0 Å². The summed E-state index contributed by atoms with van der Waals surface area (Å²) in [7, 11) is 0. The van der Waals surface area contributed by atoms with Crippen LogP contribution < -0.4 is 5.73 Å². The molecule has 4 rings (SSSR count). The van der Waals surface area contributed by atoms with E-state index in [0.717, 1.165) is 29.5 Å². The van der Waals surface area contributed by atoms with Crippen molar-refractivity contribution < 1.29 is 18.9 Å². The summed E-state index contributed by atoms with van der Waals surface area (Å²) in [6, 6.07) is 30.4. The molecule has 0 aliphatic carbocycles. The maximum absolute atomic E-state index is 6.54. The van der Waals surface area contributed by atoms with Gasteiger partial charge in [-0.15, -0.1) is 11.6 Å². The Balaban J connectivity index is 1.53. The van der Waals surface area contributed by atoms with E-state index in [-0.39, 0.29) is 24.4 Å². The molecule has 0 spiro atoms. The second kappa shape index (κ2) is 14.5. The zero-order valence-electron chi connectivity index (χ0n) is 20.6. The fourth-order valence-electron chi connectivity index (χ4n) is 4.35. The van der Waals surface area contributed by atoms with Crippen LogP contribution in [0.15, 0.2) is 91.0 Å². The average molecular weight is 510 g/mol. The lowest BCUT2D eigenvalue weighted by Gasteiger charge is -2.33. The monoisotopic (exact) mass is 509 g/mol. The molecule has 1 aliphatic rings. The summed E-state index contributed by atoms with van der Waals surface area (Å²) in [5.41, 5.74) is 9.53.